The molecule has 1 saturated carbocycles. The number of hydrogen-bond acceptors (Lipinski definition) is 4. The van der Waals surface area contributed by atoms with Crippen molar-refractivity contribution in [2.24, 2.45) is 0 Å². The number of benzene rings is 4. The van der Waals surface area contributed by atoms with Gasteiger partial charge in [-0.25, -0.2) is 8.42 Å². The van der Waals surface area contributed by atoms with Crippen LogP contribution in [0.5, 0.6) is 0 Å². The summed E-state index contributed by atoms with van der Waals surface area (Å²) in [5.74, 6) is -0.674. The van der Waals surface area contributed by atoms with E-state index in [1.165, 1.54) is 16.4 Å². The molecule has 5 rings (SSSR count). The lowest BCUT2D eigenvalue weighted by atomic mass is 9.94. The highest BCUT2D eigenvalue weighted by Crippen LogP contribution is 2.26. The molecule has 0 spiro atoms. The highest BCUT2D eigenvalue weighted by molar-refractivity contribution is 7.92. The molecule has 4 aromatic carbocycles. The van der Waals surface area contributed by atoms with Gasteiger partial charge in [-0.1, -0.05) is 110 Å². The van der Waals surface area contributed by atoms with Crippen LogP contribution in [0, 0.1) is 13.8 Å². The summed E-state index contributed by atoms with van der Waals surface area (Å²) in [7, 11) is -4.12. The van der Waals surface area contributed by atoms with Crippen molar-refractivity contribution < 1.29 is 18.0 Å². The summed E-state index contributed by atoms with van der Waals surface area (Å²) < 4.78 is 29.4. The molecule has 240 valence electrons. The molecule has 8 heteroatoms. The Labute approximate surface area is 273 Å². The van der Waals surface area contributed by atoms with Crippen LogP contribution in [0.25, 0.3) is 0 Å². The molecular formula is C38H43N3O4S. The van der Waals surface area contributed by atoms with Crippen LogP contribution in [0.1, 0.15) is 54.4 Å². The highest BCUT2D eigenvalue weighted by atomic mass is 32.2. The summed E-state index contributed by atoms with van der Waals surface area (Å²) in [5.41, 5.74) is 4.07. The number of nitrogens with zero attached hydrogens (tertiary/aromatic N) is 2. The van der Waals surface area contributed by atoms with E-state index >= 15 is 0 Å². The number of amides is 2. The second-order valence-electron chi connectivity index (χ2n) is 12.2. The minimum atomic E-state index is -4.12. The van der Waals surface area contributed by atoms with Crippen molar-refractivity contribution in [2.45, 2.75) is 75.9 Å². The molecule has 0 saturated heterocycles. The van der Waals surface area contributed by atoms with Crippen LogP contribution in [0.4, 0.5) is 5.69 Å². The van der Waals surface area contributed by atoms with Crippen molar-refractivity contribution in [3.8, 4) is 0 Å². The van der Waals surface area contributed by atoms with Crippen molar-refractivity contribution in [2.75, 3.05) is 10.8 Å². The van der Waals surface area contributed by atoms with E-state index < -0.39 is 28.5 Å². The predicted octanol–water partition coefficient (Wildman–Crippen LogP) is 6.59. The van der Waals surface area contributed by atoms with Gasteiger partial charge in [0.1, 0.15) is 12.6 Å². The Balaban J connectivity index is 1.56. The van der Waals surface area contributed by atoms with Crippen LogP contribution in [0.15, 0.2) is 114 Å². The van der Waals surface area contributed by atoms with Crippen LogP contribution in [-0.4, -0.2) is 43.8 Å². The van der Waals surface area contributed by atoms with Gasteiger partial charge >= 0.3 is 0 Å². The Kier molecular flexibility index (Phi) is 10.9. The molecule has 1 aliphatic rings. The lowest BCUT2D eigenvalue weighted by Gasteiger charge is -2.35. The topological polar surface area (TPSA) is 86.8 Å². The molecule has 1 aliphatic carbocycles. The summed E-state index contributed by atoms with van der Waals surface area (Å²) in [5, 5.41) is 3.26. The molecule has 2 amide bonds. The summed E-state index contributed by atoms with van der Waals surface area (Å²) in [4.78, 5) is 30.5. The van der Waals surface area contributed by atoms with Gasteiger partial charge in [0.05, 0.1) is 10.6 Å². The zero-order chi connectivity index (χ0) is 32.5. The van der Waals surface area contributed by atoms with Crippen molar-refractivity contribution in [1.82, 2.24) is 10.2 Å². The van der Waals surface area contributed by atoms with Gasteiger partial charge in [0.2, 0.25) is 11.8 Å². The lowest BCUT2D eigenvalue weighted by Crippen LogP contribution is -2.55. The third-order valence-corrected chi connectivity index (χ3v) is 10.3. The minimum absolute atomic E-state index is 0.0534. The van der Waals surface area contributed by atoms with Crippen LogP contribution >= 0.6 is 0 Å². The molecule has 46 heavy (non-hydrogen) atoms. The van der Waals surface area contributed by atoms with Gasteiger partial charge in [-0.2, -0.15) is 0 Å². The monoisotopic (exact) mass is 637 g/mol. The maximum absolute atomic E-state index is 14.6. The van der Waals surface area contributed by atoms with E-state index in [0.29, 0.717) is 12.1 Å². The molecule has 0 aliphatic heterocycles. The second-order valence-corrected chi connectivity index (χ2v) is 14.1. The number of anilines is 1. The largest absolute Gasteiger partial charge is 0.352 e. The number of aryl methyl sites for hydroxylation is 2. The van der Waals surface area contributed by atoms with E-state index in [4.69, 9.17) is 0 Å². The van der Waals surface area contributed by atoms with E-state index in [2.05, 4.69) is 5.32 Å². The van der Waals surface area contributed by atoms with E-state index in [1.807, 2.05) is 74.5 Å². The van der Waals surface area contributed by atoms with Gasteiger partial charge < -0.3 is 10.2 Å². The van der Waals surface area contributed by atoms with Gasteiger partial charge in [0, 0.05) is 19.0 Å². The SMILES string of the molecule is Cc1cccc(CN(C(=O)CN(c2cccc(C)c2)S(=O)(=O)c2ccccc2)C(Cc2ccccc2)C(=O)NC2CCCCC2)c1. The first kappa shape index (κ1) is 32.9. The quantitative estimate of drug-likeness (QED) is 0.190. The maximum atomic E-state index is 14.6. The fraction of sp³-hybridized carbons (Fsp3) is 0.316. The number of carbonyl (C=O) groups is 2. The summed E-state index contributed by atoms with van der Waals surface area (Å²) in [6.45, 7) is 3.56. The lowest BCUT2D eigenvalue weighted by molar-refractivity contribution is -0.140. The molecule has 7 nitrogen and oxygen atoms in total. The summed E-state index contributed by atoms with van der Waals surface area (Å²) in [6, 6.07) is 32.0. The average Bonchev–Trinajstić information content (AvgIpc) is 3.06. The Morgan fingerprint density at radius 2 is 1.37 bits per heavy atom. The van der Waals surface area contributed by atoms with E-state index in [0.717, 1.165) is 54.4 Å². The Hall–Kier alpha value is -4.43. The van der Waals surface area contributed by atoms with Crippen LogP contribution in [-0.2, 0) is 32.6 Å². The molecule has 1 fully saturated rings. The van der Waals surface area contributed by atoms with Crippen LogP contribution < -0.4 is 9.62 Å². The maximum Gasteiger partial charge on any atom is 0.264 e. The predicted molar refractivity (Wildman–Crippen MR) is 183 cm³/mol. The van der Waals surface area contributed by atoms with Crippen molar-refractivity contribution in [1.29, 1.82) is 0 Å². The van der Waals surface area contributed by atoms with Crippen molar-refractivity contribution in [3.05, 3.63) is 131 Å². The zero-order valence-electron chi connectivity index (χ0n) is 26.6. The van der Waals surface area contributed by atoms with Crippen LogP contribution in [0.2, 0.25) is 0 Å². The van der Waals surface area contributed by atoms with E-state index in [-0.39, 0.29) is 23.4 Å². The molecule has 1 atom stereocenters. The van der Waals surface area contributed by atoms with Crippen LogP contribution in [0.3, 0.4) is 0 Å². The standard InChI is InChI=1S/C38H43N3O4S/c1-29-14-12-18-32(24-29)27-40(36(26-31-16-6-3-7-17-31)38(43)39-33-19-8-4-9-20-33)37(42)28-41(34-21-13-15-30(2)25-34)46(44,45)35-22-10-5-11-23-35/h3,5-7,10-18,21-25,33,36H,4,8-9,19-20,26-28H2,1-2H3,(H,39,43). The molecule has 0 heterocycles. The fourth-order valence-corrected chi connectivity index (χ4v) is 7.56. The number of rotatable bonds is 12. The van der Waals surface area contributed by atoms with E-state index in [9.17, 15) is 18.0 Å². The number of nitrogens with one attached hydrogen (secondary N) is 1. The van der Waals surface area contributed by atoms with Crippen molar-refractivity contribution >= 4 is 27.5 Å². The normalized spacial score (nSPS) is 14.3. The second kappa shape index (κ2) is 15.2. The molecule has 1 unspecified atom stereocenters. The Bertz CT molecular complexity index is 1720. The van der Waals surface area contributed by atoms with Gasteiger partial charge in [-0.05, 0) is 67.6 Å². The number of carbonyl (C=O) groups excluding carboxylic acids is 2. The number of hydrogen-bond donors (Lipinski definition) is 1. The first-order chi connectivity index (χ1) is 22.2. The third kappa shape index (κ3) is 8.43. The van der Waals surface area contributed by atoms with Gasteiger partial charge in [-0.3, -0.25) is 13.9 Å². The average molecular weight is 638 g/mol. The fourth-order valence-electron chi connectivity index (χ4n) is 6.14. The molecule has 1 N–H and O–H groups in total. The van der Waals surface area contributed by atoms with Gasteiger partial charge in [-0.15, -0.1) is 0 Å². The summed E-state index contributed by atoms with van der Waals surface area (Å²) >= 11 is 0. The Morgan fingerprint density at radius 3 is 2.02 bits per heavy atom. The third-order valence-electron chi connectivity index (χ3n) is 8.56. The number of sulfonamides is 1. The molecule has 0 aromatic heterocycles. The first-order valence-corrected chi connectivity index (χ1v) is 17.5. The minimum Gasteiger partial charge on any atom is -0.352 e. The summed E-state index contributed by atoms with van der Waals surface area (Å²) in [6.07, 6.45) is 5.39. The van der Waals surface area contributed by atoms with E-state index in [1.54, 1.807) is 41.3 Å². The molecule has 4 aromatic rings. The molecule has 0 radical (unpaired) electrons. The van der Waals surface area contributed by atoms with Crippen molar-refractivity contribution in [3.63, 3.8) is 0 Å². The Morgan fingerprint density at radius 1 is 0.761 bits per heavy atom. The van der Waals surface area contributed by atoms with Gasteiger partial charge in [0.15, 0.2) is 0 Å². The van der Waals surface area contributed by atoms with Gasteiger partial charge in [0.25, 0.3) is 10.0 Å². The zero-order valence-corrected chi connectivity index (χ0v) is 27.5. The smallest absolute Gasteiger partial charge is 0.264 e. The first-order valence-electron chi connectivity index (χ1n) is 16.0. The molecular weight excluding hydrogens is 595 g/mol. The highest BCUT2D eigenvalue weighted by Gasteiger charge is 2.35. The molecule has 0 bridgehead atoms.